The highest BCUT2D eigenvalue weighted by Crippen LogP contribution is 2.25. The van der Waals surface area contributed by atoms with Crippen LogP contribution in [-0.2, 0) is 9.53 Å². The van der Waals surface area contributed by atoms with Gasteiger partial charge in [-0.2, -0.15) is 5.26 Å². The molecule has 1 aliphatic heterocycles. The number of rotatable bonds is 3. The molecule has 1 heterocycles. The summed E-state index contributed by atoms with van der Waals surface area (Å²) in [6.45, 7) is 5.98. The van der Waals surface area contributed by atoms with Crippen LogP contribution in [0, 0.1) is 18.3 Å². The Labute approximate surface area is 119 Å². The van der Waals surface area contributed by atoms with E-state index in [2.05, 4.69) is 11.4 Å². The van der Waals surface area contributed by atoms with Gasteiger partial charge in [0.25, 0.3) is 0 Å². The fraction of sp³-hybridized carbons (Fsp3) is 0.467. The molecule has 1 saturated heterocycles. The van der Waals surface area contributed by atoms with Crippen LogP contribution >= 0.6 is 0 Å². The van der Waals surface area contributed by atoms with Gasteiger partial charge in [0, 0.05) is 13.1 Å². The van der Waals surface area contributed by atoms with E-state index in [0.717, 1.165) is 11.3 Å². The van der Waals surface area contributed by atoms with Gasteiger partial charge in [-0.1, -0.05) is 6.07 Å². The molecule has 1 unspecified atom stereocenters. The molecule has 1 N–H and O–H groups in total. The molecular weight excluding hydrogens is 254 g/mol. The van der Waals surface area contributed by atoms with E-state index in [9.17, 15) is 10.1 Å². The second-order valence-corrected chi connectivity index (χ2v) is 4.81. The topological polar surface area (TPSA) is 65.4 Å². The van der Waals surface area contributed by atoms with Crippen molar-refractivity contribution in [1.29, 1.82) is 5.26 Å². The number of hydrogen-bond donors (Lipinski definition) is 1. The smallest absolute Gasteiger partial charge is 0.245 e. The fourth-order valence-electron chi connectivity index (χ4n) is 2.38. The number of carbonyl (C=O) groups excluding carboxylic acids is 1. The number of hydrogen-bond acceptors (Lipinski definition) is 4. The average Bonchev–Trinajstić information content (AvgIpc) is 2.47. The Morgan fingerprint density at radius 1 is 1.60 bits per heavy atom. The van der Waals surface area contributed by atoms with Gasteiger partial charge in [-0.05, 0) is 31.5 Å². The van der Waals surface area contributed by atoms with Crippen LogP contribution in [0.15, 0.2) is 18.2 Å². The Bertz CT molecular complexity index is 536. The number of morpholine rings is 1. The van der Waals surface area contributed by atoms with Crippen molar-refractivity contribution < 1.29 is 9.53 Å². The molecule has 2 rings (SSSR count). The lowest BCUT2D eigenvalue weighted by atomic mass is 10.1. The number of carbonyl (C=O) groups is 1. The monoisotopic (exact) mass is 273 g/mol. The van der Waals surface area contributed by atoms with Crippen molar-refractivity contribution in [1.82, 2.24) is 5.32 Å². The van der Waals surface area contributed by atoms with Crippen LogP contribution in [0.2, 0.25) is 0 Å². The molecule has 1 aliphatic rings. The quantitative estimate of drug-likeness (QED) is 0.899. The van der Waals surface area contributed by atoms with Crippen molar-refractivity contribution in [3.8, 4) is 6.07 Å². The summed E-state index contributed by atoms with van der Waals surface area (Å²) in [6, 6.07) is 7.48. The summed E-state index contributed by atoms with van der Waals surface area (Å²) in [7, 11) is 0. The van der Waals surface area contributed by atoms with E-state index in [-0.39, 0.29) is 11.9 Å². The molecule has 20 heavy (non-hydrogen) atoms. The predicted molar refractivity (Wildman–Crippen MR) is 76.5 cm³/mol. The van der Waals surface area contributed by atoms with Crippen molar-refractivity contribution in [2.75, 3.05) is 31.2 Å². The van der Waals surface area contributed by atoms with Crippen molar-refractivity contribution in [2.24, 2.45) is 0 Å². The Hall–Kier alpha value is -2.06. The van der Waals surface area contributed by atoms with Crippen molar-refractivity contribution in [3.05, 3.63) is 29.3 Å². The molecule has 1 aromatic carbocycles. The zero-order valence-corrected chi connectivity index (χ0v) is 11.8. The number of nitrogens with one attached hydrogen (secondary N) is 1. The summed E-state index contributed by atoms with van der Waals surface area (Å²) in [6.07, 6.45) is 0. The summed E-state index contributed by atoms with van der Waals surface area (Å²) in [5, 5.41) is 12.1. The number of nitriles is 1. The Balaban J connectivity index is 2.35. The molecule has 1 fully saturated rings. The lowest BCUT2D eigenvalue weighted by Crippen LogP contribution is -2.54. The lowest BCUT2D eigenvalue weighted by molar-refractivity contribution is -0.124. The number of amides is 1. The summed E-state index contributed by atoms with van der Waals surface area (Å²) < 4.78 is 5.42. The molecule has 1 atom stereocenters. The van der Waals surface area contributed by atoms with Gasteiger partial charge < -0.3 is 15.0 Å². The summed E-state index contributed by atoms with van der Waals surface area (Å²) >= 11 is 0. The molecule has 0 aliphatic carbocycles. The molecular formula is C15H19N3O2. The van der Waals surface area contributed by atoms with E-state index in [1.165, 1.54) is 0 Å². The third kappa shape index (κ3) is 2.91. The van der Waals surface area contributed by atoms with Gasteiger partial charge in [-0.3, -0.25) is 4.79 Å². The lowest BCUT2D eigenvalue weighted by Gasteiger charge is -2.36. The van der Waals surface area contributed by atoms with Crippen LogP contribution in [0.4, 0.5) is 5.69 Å². The second-order valence-electron chi connectivity index (χ2n) is 4.81. The molecule has 0 saturated carbocycles. The van der Waals surface area contributed by atoms with Gasteiger partial charge >= 0.3 is 0 Å². The normalized spacial score (nSPS) is 18.4. The Kier molecular flexibility index (Phi) is 4.59. The van der Waals surface area contributed by atoms with E-state index in [1.807, 2.05) is 30.9 Å². The van der Waals surface area contributed by atoms with Gasteiger partial charge in [-0.25, -0.2) is 0 Å². The van der Waals surface area contributed by atoms with E-state index in [4.69, 9.17) is 4.74 Å². The molecule has 1 aromatic rings. The van der Waals surface area contributed by atoms with Crippen LogP contribution in [0.5, 0.6) is 0 Å². The number of ether oxygens (including phenoxy) is 1. The highest BCUT2D eigenvalue weighted by Gasteiger charge is 2.30. The minimum atomic E-state index is -0.377. The predicted octanol–water partition coefficient (Wildman–Crippen LogP) is 1.21. The zero-order chi connectivity index (χ0) is 14.5. The molecule has 0 bridgehead atoms. The van der Waals surface area contributed by atoms with Gasteiger partial charge in [0.2, 0.25) is 5.91 Å². The third-order valence-corrected chi connectivity index (χ3v) is 3.37. The largest absolute Gasteiger partial charge is 0.377 e. The van der Waals surface area contributed by atoms with E-state index in [0.29, 0.717) is 31.9 Å². The van der Waals surface area contributed by atoms with Crippen molar-refractivity contribution >= 4 is 11.6 Å². The maximum absolute atomic E-state index is 12.2. The van der Waals surface area contributed by atoms with Gasteiger partial charge in [0.1, 0.15) is 12.1 Å². The molecule has 1 amide bonds. The SMILES string of the molecule is CCNC(=O)C1COCCN1c1cc(C)ccc1C#N. The van der Waals surface area contributed by atoms with Crippen molar-refractivity contribution in [3.63, 3.8) is 0 Å². The number of aryl methyl sites for hydroxylation is 1. The van der Waals surface area contributed by atoms with Gasteiger partial charge in [0.15, 0.2) is 0 Å². The molecule has 0 aromatic heterocycles. The standard InChI is InChI=1S/C15H19N3O2/c1-3-17-15(19)14-10-20-7-6-18(14)13-8-11(2)4-5-12(13)9-16/h4-5,8,14H,3,6-7,10H2,1-2H3,(H,17,19). The highest BCUT2D eigenvalue weighted by atomic mass is 16.5. The first-order valence-electron chi connectivity index (χ1n) is 6.80. The first kappa shape index (κ1) is 14.4. The molecule has 5 heteroatoms. The molecule has 0 radical (unpaired) electrons. The van der Waals surface area contributed by atoms with Crippen LogP contribution in [0.3, 0.4) is 0 Å². The Morgan fingerprint density at radius 2 is 2.40 bits per heavy atom. The first-order chi connectivity index (χ1) is 9.67. The van der Waals surface area contributed by atoms with E-state index in [1.54, 1.807) is 6.07 Å². The van der Waals surface area contributed by atoms with Crippen LogP contribution < -0.4 is 10.2 Å². The van der Waals surface area contributed by atoms with E-state index < -0.39 is 0 Å². The number of anilines is 1. The molecule has 5 nitrogen and oxygen atoms in total. The van der Waals surface area contributed by atoms with E-state index >= 15 is 0 Å². The zero-order valence-electron chi connectivity index (χ0n) is 11.8. The maximum atomic E-state index is 12.2. The van der Waals surface area contributed by atoms with Gasteiger partial charge in [-0.15, -0.1) is 0 Å². The van der Waals surface area contributed by atoms with Crippen LogP contribution in [0.1, 0.15) is 18.1 Å². The number of nitrogens with zero attached hydrogens (tertiary/aromatic N) is 2. The second kappa shape index (κ2) is 6.40. The van der Waals surface area contributed by atoms with Gasteiger partial charge in [0.05, 0.1) is 24.5 Å². The number of benzene rings is 1. The highest BCUT2D eigenvalue weighted by molar-refractivity contribution is 5.86. The minimum absolute atomic E-state index is 0.0578. The van der Waals surface area contributed by atoms with Crippen molar-refractivity contribution in [2.45, 2.75) is 19.9 Å². The summed E-state index contributed by atoms with van der Waals surface area (Å²) in [5.74, 6) is -0.0578. The third-order valence-electron chi connectivity index (χ3n) is 3.37. The molecule has 106 valence electrons. The molecule has 0 spiro atoms. The maximum Gasteiger partial charge on any atom is 0.245 e. The van der Waals surface area contributed by atoms with Crippen LogP contribution in [0.25, 0.3) is 0 Å². The number of likely N-dealkylation sites (N-methyl/N-ethyl adjacent to an activating group) is 1. The Morgan fingerprint density at radius 3 is 3.10 bits per heavy atom. The average molecular weight is 273 g/mol. The minimum Gasteiger partial charge on any atom is -0.377 e. The first-order valence-corrected chi connectivity index (χ1v) is 6.80. The summed E-state index contributed by atoms with van der Waals surface area (Å²) in [4.78, 5) is 14.1. The summed E-state index contributed by atoms with van der Waals surface area (Å²) in [5.41, 5.74) is 2.47. The fourth-order valence-corrected chi connectivity index (χ4v) is 2.38. The van der Waals surface area contributed by atoms with Crippen LogP contribution in [-0.4, -0.2) is 38.3 Å².